The third-order valence-electron chi connectivity index (χ3n) is 6.06. The molecule has 3 rings (SSSR count). The van der Waals surface area contributed by atoms with Crippen LogP contribution >= 0.6 is 0 Å². The Morgan fingerprint density at radius 3 is 2.57 bits per heavy atom. The minimum absolute atomic E-state index is 0.0318. The van der Waals surface area contributed by atoms with Crippen LogP contribution in [0.3, 0.4) is 0 Å². The Morgan fingerprint density at radius 1 is 1.22 bits per heavy atom. The van der Waals surface area contributed by atoms with E-state index in [9.17, 15) is 14.0 Å². The average Bonchev–Trinajstić information content (AvgIpc) is 2.85. The zero-order valence-corrected chi connectivity index (χ0v) is 21.9. The van der Waals surface area contributed by atoms with Gasteiger partial charge in [0.15, 0.2) is 0 Å². The molecule has 0 radical (unpaired) electrons. The molecule has 10 heteroatoms. The van der Waals surface area contributed by atoms with Gasteiger partial charge in [-0.3, -0.25) is 9.59 Å². The smallest absolute Gasteiger partial charge is 0.246 e. The molecule has 37 heavy (non-hydrogen) atoms. The van der Waals surface area contributed by atoms with Crippen molar-refractivity contribution in [3.63, 3.8) is 0 Å². The van der Waals surface area contributed by atoms with Gasteiger partial charge in [-0.25, -0.2) is 9.37 Å². The standard InChI is InChI=1S/C27H34FN7O2/c1-18(35(5)24(36)7-6-14-34(3)4)26(37)31-23-15-19(16-23)8-9-20-17-30-27(33-25(20)29-2)32-22-12-10-21(28)11-13-22/h6-7,10-13,17-19,23H,14-16H2,1-5H3,(H,31,37)(H2,29,30,32,33)/b7-6+/t18-,19-,23-/m0/s1. The Hall–Kier alpha value is -3.97. The zero-order chi connectivity index (χ0) is 26.9. The number of hydrogen-bond donors (Lipinski definition) is 3. The first-order chi connectivity index (χ1) is 17.7. The minimum atomic E-state index is -0.570. The second kappa shape index (κ2) is 12.8. The third-order valence-corrected chi connectivity index (χ3v) is 6.06. The second-order valence-corrected chi connectivity index (χ2v) is 9.27. The summed E-state index contributed by atoms with van der Waals surface area (Å²) in [6, 6.07) is 5.40. The molecule has 0 aliphatic heterocycles. The summed E-state index contributed by atoms with van der Waals surface area (Å²) in [5.41, 5.74) is 1.34. The molecule has 1 fully saturated rings. The SMILES string of the molecule is CNc1nc(Nc2ccc(F)cc2)ncc1C#C[C@H]1C[C@H](NC(=O)[C@H](C)N(C)C(=O)/C=C/CN(C)C)C1. The maximum Gasteiger partial charge on any atom is 0.246 e. The van der Waals surface area contributed by atoms with Crippen LogP contribution in [0.2, 0.25) is 0 Å². The van der Waals surface area contributed by atoms with Gasteiger partial charge in [0.1, 0.15) is 17.7 Å². The summed E-state index contributed by atoms with van der Waals surface area (Å²) in [4.78, 5) is 37.0. The van der Waals surface area contributed by atoms with E-state index in [2.05, 4.69) is 37.8 Å². The minimum Gasteiger partial charge on any atom is -0.372 e. The summed E-state index contributed by atoms with van der Waals surface area (Å²) in [5, 5.41) is 9.07. The van der Waals surface area contributed by atoms with Crippen LogP contribution in [0, 0.1) is 23.6 Å². The van der Waals surface area contributed by atoms with Crippen molar-refractivity contribution in [3.05, 3.63) is 54.0 Å². The number of nitrogens with zero attached hydrogens (tertiary/aromatic N) is 4. The lowest BCUT2D eigenvalue weighted by Crippen LogP contribution is -2.51. The summed E-state index contributed by atoms with van der Waals surface area (Å²) in [6.45, 7) is 2.38. The summed E-state index contributed by atoms with van der Waals surface area (Å²) in [5.74, 6) is 6.77. The van der Waals surface area contributed by atoms with Crippen LogP contribution in [-0.4, -0.2) is 78.4 Å². The number of carbonyl (C=O) groups is 2. The molecule has 196 valence electrons. The quantitative estimate of drug-likeness (QED) is 0.354. The molecule has 0 saturated heterocycles. The Bertz CT molecular complexity index is 1180. The lowest BCUT2D eigenvalue weighted by molar-refractivity contribution is -0.135. The third kappa shape index (κ3) is 8.02. The molecule has 2 amide bonds. The van der Waals surface area contributed by atoms with Crippen molar-refractivity contribution in [2.45, 2.75) is 31.8 Å². The van der Waals surface area contributed by atoms with E-state index >= 15 is 0 Å². The molecule has 0 bridgehead atoms. The predicted octanol–water partition coefficient (Wildman–Crippen LogP) is 2.61. The molecule has 0 spiro atoms. The number of nitrogens with one attached hydrogen (secondary N) is 3. The lowest BCUT2D eigenvalue weighted by atomic mass is 9.80. The van der Waals surface area contributed by atoms with Gasteiger partial charge in [0, 0.05) is 44.4 Å². The maximum atomic E-state index is 13.1. The summed E-state index contributed by atoms with van der Waals surface area (Å²) < 4.78 is 13.1. The van der Waals surface area contributed by atoms with Crippen molar-refractivity contribution < 1.29 is 14.0 Å². The molecule has 3 N–H and O–H groups in total. The normalized spacial score (nSPS) is 17.4. The van der Waals surface area contributed by atoms with Gasteiger partial charge in [-0.2, -0.15) is 4.98 Å². The summed E-state index contributed by atoms with van der Waals surface area (Å²) >= 11 is 0. The van der Waals surface area contributed by atoms with Crippen LogP contribution in [0.4, 0.5) is 21.8 Å². The highest BCUT2D eigenvalue weighted by molar-refractivity contribution is 5.92. The first kappa shape index (κ1) is 27.6. The Morgan fingerprint density at radius 2 is 1.92 bits per heavy atom. The summed E-state index contributed by atoms with van der Waals surface area (Å²) in [7, 11) is 7.22. The van der Waals surface area contributed by atoms with E-state index in [1.165, 1.54) is 23.1 Å². The van der Waals surface area contributed by atoms with Crippen molar-refractivity contribution in [2.75, 3.05) is 45.4 Å². The topological polar surface area (TPSA) is 102 Å². The van der Waals surface area contributed by atoms with Crippen LogP contribution in [-0.2, 0) is 9.59 Å². The Kier molecular flexibility index (Phi) is 9.57. The Labute approximate surface area is 217 Å². The number of carbonyl (C=O) groups excluding carboxylic acids is 2. The van der Waals surface area contributed by atoms with Crippen LogP contribution in [0.5, 0.6) is 0 Å². The molecule has 1 atom stereocenters. The number of benzene rings is 1. The summed E-state index contributed by atoms with van der Waals surface area (Å²) in [6.07, 6.45) is 6.39. The van der Waals surface area contributed by atoms with E-state index in [0.29, 0.717) is 29.6 Å². The van der Waals surface area contributed by atoms with Crippen molar-refractivity contribution >= 4 is 29.3 Å². The van der Waals surface area contributed by atoms with Crippen molar-refractivity contribution in [1.29, 1.82) is 0 Å². The highest BCUT2D eigenvalue weighted by Crippen LogP contribution is 2.27. The maximum absolute atomic E-state index is 13.1. The first-order valence-corrected chi connectivity index (χ1v) is 12.1. The van der Waals surface area contributed by atoms with Crippen LogP contribution in [0.15, 0.2) is 42.6 Å². The number of anilines is 3. The second-order valence-electron chi connectivity index (χ2n) is 9.27. The van der Waals surface area contributed by atoms with E-state index in [1.54, 1.807) is 45.4 Å². The van der Waals surface area contributed by atoms with Crippen LogP contribution in [0.1, 0.15) is 25.3 Å². The largest absolute Gasteiger partial charge is 0.372 e. The average molecular weight is 508 g/mol. The van der Waals surface area contributed by atoms with Gasteiger partial charge in [0.25, 0.3) is 0 Å². The molecular weight excluding hydrogens is 473 g/mol. The number of amides is 2. The molecule has 1 aliphatic carbocycles. The fourth-order valence-electron chi connectivity index (χ4n) is 3.59. The Balaban J connectivity index is 1.49. The molecular formula is C27H34FN7O2. The van der Waals surface area contributed by atoms with Gasteiger partial charge in [-0.15, -0.1) is 0 Å². The number of rotatable bonds is 9. The number of hydrogen-bond acceptors (Lipinski definition) is 7. The monoisotopic (exact) mass is 507 g/mol. The molecule has 1 aromatic heterocycles. The van der Waals surface area contributed by atoms with E-state index in [-0.39, 0.29) is 29.6 Å². The van der Waals surface area contributed by atoms with Crippen molar-refractivity contribution in [1.82, 2.24) is 25.1 Å². The highest BCUT2D eigenvalue weighted by Gasteiger charge is 2.31. The van der Waals surface area contributed by atoms with Crippen LogP contribution < -0.4 is 16.0 Å². The fourth-order valence-corrected chi connectivity index (χ4v) is 3.59. The van der Waals surface area contributed by atoms with Gasteiger partial charge in [0.2, 0.25) is 17.8 Å². The first-order valence-electron chi connectivity index (χ1n) is 12.1. The fraction of sp³-hybridized carbons (Fsp3) is 0.407. The molecule has 1 saturated carbocycles. The predicted molar refractivity (Wildman–Crippen MR) is 143 cm³/mol. The highest BCUT2D eigenvalue weighted by atomic mass is 19.1. The number of aromatic nitrogens is 2. The number of halogens is 1. The molecule has 2 aromatic rings. The molecule has 1 aromatic carbocycles. The van der Waals surface area contributed by atoms with Gasteiger partial charge < -0.3 is 25.8 Å². The van der Waals surface area contributed by atoms with Gasteiger partial charge in [-0.05, 0) is 58.1 Å². The van der Waals surface area contributed by atoms with E-state index in [4.69, 9.17) is 0 Å². The van der Waals surface area contributed by atoms with E-state index in [1.807, 2.05) is 19.0 Å². The van der Waals surface area contributed by atoms with Crippen molar-refractivity contribution in [2.24, 2.45) is 5.92 Å². The zero-order valence-electron chi connectivity index (χ0n) is 21.9. The van der Waals surface area contributed by atoms with Crippen LogP contribution in [0.25, 0.3) is 0 Å². The number of likely N-dealkylation sites (N-methyl/N-ethyl adjacent to an activating group) is 2. The molecule has 1 heterocycles. The van der Waals surface area contributed by atoms with Gasteiger partial charge >= 0.3 is 0 Å². The van der Waals surface area contributed by atoms with E-state index < -0.39 is 6.04 Å². The molecule has 9 nitrogen and oxygen atoms in total. The molecule has 0 unspecified atom stereocenters. The van der Waals surface area contributed by atoms with Crippen molar-refractivity contribution in [3.8, 4) is 11.8 Å². The van der Waals surface area contributed by atoms with E-state index in [0.717, 1.165) is 12.8 Å². The van der Waals surface area contributed by atoms with Gasteiger partial charge in [0.05, 0.1) is 11.8 Å². The molecule has 1 aliphatic rings. The van der Waals surface area contributed by atoms with Gasteiger partial charge in [-0.1, -0.05) is 17.9 Å². The lowest BCUT2D eigenvalue weighted by Gasteiger charge is -2.34.